The summed E-state index contributed by atoms with van der Waals surface area (Å²) in [6.45, 7) is 1.96. The summed E-state index contributed by atoms with van der Waals surface area (Å²) in [5.41, 5.74) is 2.42. The summed E-state index contributed by atoms with van der Waals surface area (Å²) < 4.78 is 3.13. The van der Waals surface area contributed by atoms with Crippen molar-refractivity contribution < 1.29 is 0 Å². The molecule has 0 radical (unpaired) electrons. The molecule has 14 heavy (non-hydrogen) atoms. The van der Waals surface area contributed by atoms with Crippen LogP contribution in [0.2, 0.25) is 4.34 Å². The molecular weight excluding hydrogens is 218 g/mol. The molecule has 0 aliphatic heterocycles. The van der Waals surface area contributed by atoms with Gasteiger partial charge >= 0.3 is 0 Å². The molecule has 2 aromatic rings. The molecule has 0 unspecified atom stereocenters. The Labute approximate surface area is 90.3 Å². The number of benzene rings is 1. The molecule has 2 nitrogen and oxygen atoms in total. The fraction of sp³-hybridized carbons (Fsp3) is 0.100. The van der Waals surface area contributed by atoms with Gasteiger partial charge in [0, 0.05) is 0 Å². The summed E-state index contributed by atoms with van der Waals surface area (Å²) in [4.78, 5) is 11.5. The van der Waals surface area contributed by atoms with Gasteiger partial charge in [-0.3, -0.25) is 9.17 Å². The van der Waals surface area contributed by atoms with Crippen LogP contribution in [0.25, 0.3) is 11.1 Å². The van der Waals surface area contributed by atoms with E-state index in [1.54, 1.807) is 0 Å². The Morgan fingerprint density at radius 2 is 2.07 bits per heavy atom. The first kappa shape index (κ1) is 9.49. The molecule has 72 valence electrons. The molecule has 1 aromatic heterocycles. The Bertz CT molecular complexity index is 515. The first-order valence-electron chi connectivity index (χ1n) is 4.13. The van der Waals surface area contributed by atoms with Crippen molar-refractivity contribution in [1.29, 1.82) is 0 Å². The Hall–Kier alpha value is -1.06. The molecule has 0 fully saturated rings. The molecule has 0 saturated heterocycles. The molecule has 1 heterocycles. The third-order valence-corrected chi connectivity index (χ3v) is 3.16. The van der Waals surface area contributed by atoms with Gasteiger partial charge in [-0.1, -0.05) is 35.9 Å². The molecule has 0 spiro atoms. The summed E-state index contributed by atoms with van der Waals surface area (Å²) in [5.74, 6) is 0. The van der Waals surface area contributed by atoms with Crippen LogP contribution in [0.3, 0.4) is 0 Å². The minimum Gasteiger partial charge on any atom is -0.276 e. The van der Waals surface area contributed by atoms with Gasteiger partial charge in [-0.2, -0.15) is 0 Å². The lowest BCUT2D eigenvalue weighted by Gasteiger charge is -2.01. The molecule has 0 aliphatic carbocycles. The monoisotopic (exact) mass is 225 g/mol. The van der Waals surface area contributed by atoms with Gasteiger partial charge in [0.15, 0.2) is 0 Å². The van der Waals surface area contributed by atoms with Crippen LogP contribution in [-0.2, 0) is 0 Å². The van der Waals surface area contributed by atoms with Crippen LogP contribution in [0.5, 0.6) is 0 Å². The van der Waals surface area contributed by atoms with Gasteiger partial charge in [0.2, 0.25) is 0 Å². The van der Waals surface area contributed by atoms with Crippen LogP contribution in [0, 0.1) is 6.92 Å². The highest BCUT2D eigenvalue weighted by molar-refractivity contribution is 7.11. The number of H-pyrrole nitrogens is 1. The van der Waals surface area contributed by atoms with Crippen LogP contribution >= 0.6 is 23.1 Å². The SMILES string of the molecule is Cc1ccccc1-c1c(Cl)s[nH]c1=O. The molecule has 0 bridgehead atoms. The van der Waals surface area contributed by atoms with E-state index in [2.05, 4.69) is 4.37 Å². The van der Waals surface area contributed by atoms with Crippen LogP contribution < -0.4 is 5.56 Å². The normalized spacial score (nSPS) is 10.4. The first-order chi connectivity index (χ1) is 6.70. The predicted molar refractivity (Wildman–Crippen MR) is 60.1 cm³/mol. The number of aromatic amines is 1. The number of rotatable bonds is 1. The van der Waals surface area contributed by atoms with Crippen LogP contribution in [0.1, 0.15) is 5.56 Å². The van der Waals surface area contributed by atoms with Crippen molar-refractivity contribution in [3.05, 3.63) is 44.5 Å². The van der Waals surface area contributed by atoms with E-state index in [1.165, 1.54) is 0 Å². The predicted octanol–water partition coefficient (Wildman–Crippen LogP) is 3.07. The zero-order valence-corrected chi connectivity index (χ0v) is 9.08. The summed E-state index contributed by atoms with van der Waals surface area (Å²) in [6.07, 6.45) is 0. The van der Waals surface area contributed by atoms with Gasteiger partial charge in [0.05, 0.1) is 5.56 Å². The van der Waals surface area contributed by atoms with E-state index in [4.69, 9.17) is 11.6 Å². The van der Waals surface area contributed by atoms with E-state index < -0.39 is 0 Å². The van der Waals surface area contributed by atoms with E-state index >= 15 is 0 Å². The molecule has 1 N–H and O–H groups in total. The molecule has 2 rings (SSSR count). The molecule has 0 atom stereocenters. The number of halogens is 1. The first-order valence-corrected chi connectivity index (χ1v) is 5.32. The lowest BCUT2D eigenvalue weighted by atomic mass is 10.0. The lowest BCUT2D eigenvalue weighted by molar-refractivity contribution is 1.39. The highest BCUT2D eigenvalue weighted by Crippen LogP contribution is 2.29. The van der Waals surface area contributed by atoms with Crippen molar-refractivity contribution in [3.63, 3.8) is 0 Å². The summed E-state index contributed by atoms with van der Waals surface area (Å²) in [5, 5.41) is 0. The zero-order chi connectivity index (χ0) is 10.1. The van der Waals surface area contributed by atoms with Crippen LogP contribution in [-0.4, -0.2) is 4.37 Å². The van der Waals surface area contributed by atoms with Gasteiger partial charge in [-0.05, 0) is 29.6 Å². The maximum atomic E-state index is 11.5. The van der Waals surface area contributed by atoms with Crippen LogP contribution in [0.4, 0.5) is 0 Å². The van der Waals surface area contributed by atoms with Crippen molar-refractivity contribution in [2.45, 2.75) is 6.92 Å². The highest BCUT2D eigenvalue weighted by Gasteiger charge is 2.12. The molecule has 0 aliphatic rings. The number of aryl methyl sites for hydroxylation is 1. The minimum atomic E-state index is -0.116. The molecule has 0 amide bonds. The van der Waals surface area contributed by atoms with Crippen molar-refractivity contribution >= 4 is 23.1 Å². The van der Waals surface area contributed by atoms with E-state index in [1.807, 2.05) is 31.2 Å². The third-order valence-electron chi connectivity index (χ3n) is 2.07. The van der Waals surface area contributed by atoms with Gasteiger partial charge in [0.1, 0.15) is 4.34 Å². The van der Waals surface area contributed by atoms with E-state index in [0.29, 0.717) is 9.90 Å². The highest BCUT2D eigenvalue weighted by atomic mass is 35.5. The lowest BCUT2D eigenvalue weighted by Crippen LogP contribution is -2.01. The molecule has 4 heteroatoms. The number of aromatic nitrogens is 1. The van der Waals surface area contributed by atoms with Crippen molar-refractivity contribution in [2.24, 2.45) is 0 Å². The quantitative estimate of drug-likeness (QED) is 0.795. The summed E-state index contributed by atoms with van der Waals surface area (Å²) in [7, 11) is 0. The van der Waals surface area contributed by atoms with Crippen molar-refractivity contribution in [2.75, 3.05) is 0 Å². The molecular formula is C10H8ClNOS. The molecule has 0 saturated carbocycles. The average Bonchev–Trinajstić information content (AvgIpc) is 2.48. The zero-order valence-electron chi connectivity index (χ0n) is 7.50. The van der Waals surface area contributed by atoms with Gasteiger partial charge in [-0.15, -0.1) is 0 Å². The summed E-state index contributed by atoms with van der Waals surface area (Å²) in [6, 6.07) is 7.70. The standard InChI is InChI=1S/C10H8ClNOS/c1-6-4-2-3-5-7(6)8-9(11)14-12-10(8)13/h2-5H,1H3,(H,12,13). The Morgan fingerprint density at radius 1 is 1.36 bits per heavy atom. The minimum absolute atomic E-state index is 0.116. The van der Waals surface area contributed by atoms with Gasteiger partial charge in [0.25, 0.3) is 5.56 Å². The van der Waals surface area contributed by atoms with Crippen LogP contribution in [0.15, 0.2) is 29.1 Å². The third kappa shape index (κ3) is 1.49. The second kappa shape index (κ2) is 3.59. The van der Waals surface area contributed by atoms with E-state index in [0.717, 1.165) is 22.7 Å². The summed E-state index contributed by atoms with van der Waals surface area (Å²) >= 11 is 7.10. The average molecular weight is 226 g/mol. The van der Waals surface area contributed by atoms with Crippen molar-refractivity contribution in [3.8, 4) is 11.1 Å². The maximum absolute atomic E-state index is 11.5. The fourth-order valence-corrected chi connectivity index (χ4v) is 2.26. The number of hydrogen-bond acceptors (Lipinski definition) is 2. The van der Waals surface area contributed by atoms with Gasteiger partial charge in [-0.25, -0.2) is 0 Å². The Kier molecular flexibility index (Phi) is 2.44. The number of nitrogens with one attached hydrogen (secondary N) is 1. The molecule has 1 aromatic carbocycles. The number of hydrogen-bond donors (Lipinski definition) is 1. The van der Waals surface area contributed by atoms with E-state index in [-0.39, 0.29) is 5.56 Å². The van der Waals surface area contributed by atoms with E-state index in [9.17, 15) is 4.79 Å². The second-order valence-corrected chi connectivity index (χ2v) is 4.42. The topological polar surface area (TPSA) is 32.9 Å². The fourth-order valence-electron chi connectivity index (χ4n) is 1.36. The maximum Gasteiger partial charge on any atom is 0.267 e. The second-order valence-electron chi connectivity index (χ2n) is 3.00. The van der Waals surface area contributed by atoms with Crippen molar-refractivity contribution in [1.82, 2.24) is 4.37 Å². The Morgan fingerprint density at radius 3 is 2.64 bits per heavy atom. The van der Waals surface area contributed by atoms with Gasteiger partial charge < -0.3 is 0 Å². The smallest absolute Gasteiger partial charge is 0.267 e. The Balaban J connectivity index is 2.72. The largest absolute Gasteiger partial charge is 0.276 e.